The molecule has 0 unspecified atom stereocenters. The van der Waals surface area contributed by atoms with E-state index in [2.05, 4.69) is 5.32 Å². The summed E-state index contributed by atoms with van der Waals surface area (Å²) in [5.74, 6) is -0.485. The summed E-state index contributed by atoms with van der Waals surface area (Å²) in [5.41, 5.74) is 0.791. The lowest BCUT2D eigenvalue weighted by molar-refractivity contribution is -0.384. The molecule has 0 saturated carbocycles. The summed E-state index contributed by atoms with van der Waals surface area (Å²) in [7, 11) is -2.22. The lowest BCUT2D eigenvalue weighted by atomic mass is 9.97. The molecular weight excluding hydrogens is 410 g/mol. The smallest absolute Gasteiger partial charge is 0.296 e. The summed E-state index contributed by atoms with van der Waals surface area (Å²) in [6.07, 6.45) is 0.668. The highest BCUT2D eigenvalue weighted by Crippen LogP contribution is 2.31. The maximum absolute atomic E-state index is 12.8. The molecule has 160 valence electrons. The first-order valence-electron chi connectivity index (χ1n) is 9.42. The van der Waals surface area contributed by atoms with Crippen LogP contribution < -0.4 is 10.1 Å². The fourth-order valence-electron chi connectivity index (χ4n) is 3.35. The molecule has 10 heteroatoms. The molecule has 0 spiro atoms. The Hall–Kier alpha value is -2.98. The van der Waals surface area contributed by atoms with Crippen molar-refractivity contribution in [1.29, 1.82) is 0 Å². The van der Waals surface area contributed by atoms with Crippen molar-refractivity contribution in [3.05, 3.63) is 58.1 Å². The lowest BCUT2D eigenvalue weighted by Gasteiger charge is -2.30. The molecule has 0 bridgehead atoms. The summed E-state index contributed by atoms with van der Waals surface area (Å²) in [6.45, 7) is 2.30. The standard InChI is InChI=1S/C20H23N3O6S/c1-14-3-6-17(7-4-14)30(27,28)22-11-9-15(10-12-22)20(24)21-18-8-5-16(29-2)13-19(18)23(25)26/h3-8,13,15H,9-12H2,1-2H3,(H,21,24). The predicted octanol–water partition coefficient (Wildman–Crippen LogP) is 2.95. The minimum atomic E-state index is -3.61. The number of rotatable bonds is 6. The van der Waals surface area contributed by atoms with E-state index < -0.39 is 20.9 Å². The van der Waals surface area contributed by atoms with Crippen LogP contribution in [0.25, 0.3) is 0 Å². The van der Waals surface area contributed by atoms with Gasteiger partial charge in [0.1, 0.15) is 11.4 Å². The van der Waals surface area contributed by atoms with Gasteiger partial charge in [0.05, 0.1) is 23.0 Å². The monoisotopic (exact) mass is 433 g/mol. The fraction of sp³-hybridized carbons (Fsp3) is 0.350. The molecule has 9 nitrogen and oxygen atoms in total. The van der Waals surface area contributed by atoms with E-state index >= 15 is 0 Å². The quantitative estimate of drug-likeness (QED) is 0.553. The Bertz CT molecular complexity index is 1040. The van der Waals surface area contributed by atoms with Crippen molar-refractivity contribution in [2.75, 3.05) is 25.5 Å². The molecule has 1 heterocycles. The third kappa shape index (κ3) is 4.60. The minimum Gasteiger partial charge on any atom is -0.496 e. The van der Waals surface area contributed by atoms with Crippen molar-refractivity contribution >= 4 is 27.3 Å². The Labute approximate surface area is 174 Å². The molecule has 3 rings (SSSR count). The van der Waals surface area contributed by atoms with Gasteiger partial charge in [-0.15, -0.1) is 0 Å². The van der Waals surface area contributed by atoms with Crippen LogP contribution in [0, 0.1) is 23.0 Å². The number of anilines is 1. The molecule has 0 atom stereocenters. The Morgan fingerprint density at radius 2 is 1.80 bits per heavy atom. The number of piperidine rings is 1. The topological polar surface area (TPSA) is 119 Å². The molecule has 0 aromatic heterocycles. The predicted molar refractivity (Wildman–Crippen MR) is 111 cm³/mol. The summed E-state index contributed by atoms with van der Waals surface area (Å²) in [4.78, 5) is 23.5. The second kappa shape index (κ2) is 8.80. The minimum absolute atomic E-state index is 0.0838. The summed E-state index contributed by atoms with van der Waals surface area (Å²) in [5, 5.41) is 13.9. The van der Waals surface area contributed by atoms with Crippen LogP contribution in [0.3, 0.4) is 0 Å². The summed E-state index contributed by atoms with van der Waals surface area (Å²) < 4.78 is 31.9. The summed E-state index contributed by atoms with van der Waals surface area (Å²) in [6, 6.07) is 10.8. The Kier molecular flexibility index (Phi) is 6.37. The second-order valence-corrected chi connectivity index (χ2v) is 9.06. The zero-order chi connectivity index (χ0) is 21.9. The van der Waals surface area contributed by atoms with E-state index in [0.29, 0.717) is 18.6 Å². The van der Waals surface area contributed by atoms with E-state index in [4.69, 9.17) is 4.74 Å². The van der Waals surface area contributed by atoms with E-state index in [1.54, 1.807) is 24.3 Å². The van der Waals surface area contributed by atoms with Gasteiger partial charge >= 0.3 is 0 Å². The number of nitrogens with zero attached hydrogens (tertiary/aromatic N) is 2. The molecule has 1 N–H and O–H groups in total. The van der Waals surface area contributed by atoms with E-state index in [9.17, 15) is 23.3 Å². The molecule has 1 aliphatic rings. The van der Waals surface area contributed by atoms with E-state index in [0.717, 1.165) is 5.56 Å². The molecule has 0 radical (unpaired) electrons. The van der Waals surface area contributed by atoms with Crippen molar-refractivity contribution in [2.45, 2.75) is 24.7 Å². The van der Waals surface area contributed by atoms with Gasteiger partial charge in [0.25, 0.3) is 5.69 Å². The molecule has 2 aromatic carbocycles. The number of nitro benzene ring substituents is 1. The maximum Gasteiger partial charge on any atom is 0.296 e. The number of aryl methyl sites for hydroxylation is 1. The zero-order valence-electron chi connectivity index (χ0n) is 16.7. The number of carbonyl (C=O) groups excluding carboxylic acids is 1. The van der Waals surface area contributed by atoms with Crippen LogP contribution in [0.5, 0.6) is 5.75 Å². The number of nitro groups is 1. The number of sulfonamides is 1. The number of ether oxygens (including phenoxy) is 1. The first-order chi connectivity index (χ1) is 14.2. The molecular formula is C20H23N3O6S. The van der Waals surface area contributed by atoms with Crippen molar-refractivity contribution in [3.63, 3.8) is 0 Å². The van der Waals surface area contributed by atoms with Crippen LogP contribution in [0.15, 0.2) is 47.4 Å². The van der Waals surface area contributed by atoms with Gasteiger partial charge in [-0.05, 0) is 44.0 Å². The van der Waals surface area contributed by atoms with Crippen LogP contribution in [-0.2, 0) is 14.8 Å². The van der Waals surface area contributed by atoms with Crippen LogP contribution >= 0.6 is 0 Å². The lowest BCUT2D eigenvalue weighted by Crippen LogP contribution is -2.41. The fourth-order valence-corrected chi connectivity index (χ4v) is 4.82. The van der Waals surface area contributed by atoms with Crippen molar-refractivity contribution in [1.82, 2.24) is 4.31 Å². The van der Waals surface area contributed by atoms with Gasteiger partial charge in [-0.3, -0.25) is 14.9 Å². The van der Waals surface area contributed by atoms with Gasteiger partial charge in [-0.25, -0.2) is 8.42 Å². The number of hydrogen-bond acceptors (Lipinski definition) is 6. The van der Waals surface area contributed by atoms with Gasteiger partial charge in [-0.2, -0.15) is 4.31 Å². The van der Waals surface area contributed by atoms with E-state index in [1.165, 1.54) is 29.6 Å². The van der Waals surface area contributed by atoms with Crippen LogP contribution in [-0.4, -0.2) is 43.8 Å². The highest BCUT2D eigenvalue weighted by molar-refractivity contribution is 7.89. The Morgan fingerprint density at radius 3 is 2.37 bits per heavy atom. The van der Waals surface area contributed by atoms with Crippen molar-refractivity contribution < 1.29 is 22.9 Å². The summed E-state index contributed by atoms with van der Waals surface area (Å²) >= 11 is 0. The average Bonchev–Trinajstić information content (AvgIpc) is 2.74. The highest BCUT2D eigenvalue weighted by Gasteiger charge is 2.32. The van der Waals surface area contributed by atoms with Gasteiger partial charge in [-0.1, -0.05) is 17.7 Å². The largest absolute Gasteiger partial charge is 0.496 e. The second-order valence-electron chi connectivity index (χ2n) is 7.12. The van der Waals surface area contributed by atoms with Crippen molar-refractivity contribution in [3.8, 4) is 5.75 Å². The zero-order valence-corrected chi connectivity index (χ0v) is 17.5. The average molecular weight is 433 g/mol. The normalized spacial score (nSPS) is 15.5. The van der Waals surface area contributed by atoms with Crippen LogP contribution in [0.4, 0.5) is 11.4 Å². The first kappa shape index (κ1) is 21.7. The number of carbonyl (C=O) groups is 1. The number of hydrogen-bond donors (Lipinski definition) is 1. The molecule has 30 heavy (non-hydrogen) atoms. The van der Waals surface area contributed by atoms with Gasteiger partial charge < -0.3 is 10.1 Å². The Balaban J connectivity index is 1.66. The molecule has 1 amide bonds. The van der Waals surface area contributed by atoms with Gasteiger partial charge in [0, 0.05) is 19.0 Å². The molecule has 0 aliphatic carbocycles. The van der Waals surface area contributed by atoms with Crippen LogP contribution in [0.2, 0.25) is 0 Å². The third-order valence-electron chi connectivity index (χ3n) is 5.14. The van der Waals surface area contributed by atoms with Crippen LogP contribution in [0.1, 0.15) is 18.4 Å². The maximum atomic E-state index is 12.8. The van der Waals surface area contributed by atoms with E-state index in [-0.39, 0.29) is 35.3 Å². The number of methoxy groups -OCH3 is 1. The van der Waals surface area contributed by atoms with E-state index in [1.807, 2.05) is 6.92 Å². The Morgan fingerprint density at radius 1 is 1.17 bits per heavy atom. The molecule has 2 aromatic rings. The SMILES string of the molecule is COc1ccc(NC(=O)C2CCN(S(=O)(=O)c3ccc(C)cc3)CC2)c([N+](=O)[O-])c1. The van der Waals surface area contributed by atoms with Gasteiger partial charge in [0.15, 0.2) is 0 Å². The van der Waals surface area contributed by atoms with Gasteiger partial charge in [0.2, 0.25) is 15.9 Å². The molecule has 1 saturated heterocycles. The number of benzene rings is 2. The highest BCUT2D eigenvalue weighted by atomic mass is 32.2. The molecule has 1 fully saturated rings. The number of amides is 1. The molecule has 1 aliphatic heterocycles. The third-order valence-corrected chi connectivity index (χ3v) is 7.06. The number of nitrogens with one attached hydrogen (secondary N) is 1. The van der Waals surface area contributed by atoms with Crippen molar-refractivity contribution in [2.24, 2.45) is 5.92 Å². The first-order valence-corrected chi connectivity index (χ1v) is 10.9.